The average molecular weight is 276 g/mol. The van der Waals surface area contributed by atoms with Gasteiger partial charge in [0.2, 0.25) is 5.91 Å². The number of amides is 3. The Hall–Kier alpha value is -2.08. The molecule has 0 radical (unpaired) electrons. The molecule has 1 heterocycles. The number of rotatable bonds is 3. The van der Waals surface area contributed by atoms with Crippen LogP contribution in [0.1, 0.15) is 18.4 Å². The molecule has 6 heteroatoms. The zero-order valence-corrected chi connectivity index (χ0v) is 11.5. The van der Waals surface area contributed by atoms with Crippen LogP contribution in [0.3, 0.4) is 0 Å². The van der Waals surface area contributed by atoms with E-state index in [1.807, 2.05) is 30.3 Å². The van der Waals surface area contributed by atoms with Crippen molar-refractivity contribution in [1.82, 2.24) is 10.2 Å². The summed E-state index contributed by atoms with van der Waals surface area (Å²) in [5, 5.41) is 2.40. The molecule has 1 aliphatic heterocycles. The molecule has 3 atom stereocenters. The van der Waals surface area contributed by atoms with Crippen LogP contribution < -0.4 is 16.8 Å². The van der Waals surface area contributed by atoms with Crippen molar-refractivity contribution in [3.8, 4) is 0 Å². The van der Waals surface area contributed by atoms with Gasteiger partial charge < -0.3 is 21.7 Å². The van der Waals surface area contributed by atoms with Crippen LogP contribution in [-0.2, 0) is 4.79 Å². The topological polar surface area (TPSA) is 101 Å². The lowest BCUT2D eigenvalue weighted by Gasteiger charge is -2.21. The van der Waals surface area contributed by atoms with Crippen LogP contribution in [0.5, 0.6) is 0 Å². The van der Waals surface area contributed by atoms with Crippen LogP contribution in [0.25, 0.3) is 0 Å². The van der Waals surface area contributed by atoms with Crippen LogP contribution in [0.15, 0.2) is 30.3 Å². The van der Waals surface area contributed by atoms with Gasteiger partial charge in [-0.15, -0.1) is 0 Å². The number of primary amides is 1. The minimum Gasteiger partial charge on any atom is -0.352 e. The summed E-state index contributed by atoms with van der Waals surface area (Å²) in [5.74, 6) is -0.0291. The number of carbonyl (C=O) groups excluding carboxylic acids is 2. The highest BCUT2D eigenvalue weighted by atomic mass is 16.2. The van der Waals surface area contributed by atoms with Gasteiger partial charge in [0.1, 0.15) is 6.04 Å². The van der Waals surface area contributed by atoms with Crippen molar-refractivity contribution in [3.05, 3.63) is 35.9 Å². The summed E-state index contributed by atoms with van der Waals surface area (Å²) in [4.78, 5) is 24.7. The molecular formula is C14H20N4O2. The Morgan fingerprint density at radius 3 is 2.55 bits per heavy atom. The third-order valence-electron chi connectivity index (χ3n) is 3.63. The monoisotopic (exact) mass is 276 g/mol. The summed E-state index contributed by atoms with van der Waals surface area (Å²) >= 11 is 0. The van der Waals surface area contributed by atoms with Crippen LogP contribution >= 0.6 is 0 Å². The molecule has 0 saturated carbocycles. The highest BCUT2D eigenvalue weighted by Crippen LogP contribution is 2.26. The molecule has 1 unspecified atom stereocenters. The summed E-state index contributed by atoms with van der Waals surface area (Å²) in [6.07, 6.45) is 0. The van der Waals surface area contributed by atoms with E-state index in [2.05, 4.69) is 5.32 Å². The van der Waals surface area contributed by atoms with E-state index in [0.29, 0.717) is 13.1 Å². The Morgan fingerprint density at radius 2 is 1.95 bits per heavy atom. The number of urea groups is 1. The van der Waals surface area contributed by atoms with Gasteiger partial charge in [-0.3, -0.25) is 4.79 Å². The molecule has 0 aliphatic carbocycles. The second-order valence-corrected chi connectivity index (χ2v) is 5.15. The summed E-state index contributed by atoms with van der Waals surface area (Å²) < 4.78 is 0. The number of hydrogen-bond donors (Lipinski definition) is 3. The van der Waals surface area contributed by atoms with E-state index in [4.69, 9.17) is 11.5 Å². The van der Waals surface area contributed by atoms with E-state index < -0.39 is 12.1 Å². The minimum atomic E-state index is -0.700. The molecule has 20 heavy (non-hydrogen) atoms. The number of benzene rings is 1. The largest absolute Gasteiger partial charge is 0.352 e. The molecule has 1 fully saturated rings. The number of likely N-dealkylation sites (tertiary alicyclic amines) is 1. The molecule has 3 amide bonds. The molecule has 1 aromatic carbocycles. The number of hydrogen-bond acceptors (Lipinski definition) is 3. The first kappa shape index (κ1) is 14.3. The normalized spacial score (nSPS) is 23.4. The van der Waals surface area contributed by atoms with Crippen molar-refractivity contribution >= 4 is 11.9 Å². The zero-order chi connectivity index (χ0) is 14.7. The SMILES string of the molecule is CC(NC(N)=O)C(=O)N1C[C@@H](N)[C@H](c2ccccc2)C1. The first-order valence-corrected chi connectivity index (χ1v) is 6.64. The average Bonchev–Trinajstić information content (AvgIpc) is 2.80. The maximum Gasteiger partial charge on any atom is 0.312 e. The van der Waals surface area contributed by atoms with Crippen LogP contribution in [0.4, 0.5) is 4.79 Å². The lowest BCUT2D eigenvalue weighted by atomic mass is 9.95. The number of nitrogens with one attached hydrogen (secondary N) is 1. The standard InChI is InChI=1S/C14H20N4O2/c1-9(17-14(16)20)13(19)18-7-11(12(15)8-18)10-5-3-2-4-6-10/h2-6,9,11-12H,7-8,15H2,1H3,(H3,16,17,20)/t9?,11-,12+/m0/s1. The fraction of sp³-hybridized carbons (Fsp3) is 0.429. The van der Waals surface area contributed by atoms with Gasteiger partial charge in [0.05, 0.1) is 0 Å². The lowest BCUT2D eigenvalue weighted by molar-refractivity contribution is -0.131. The smallest absolute Gasteiger partial charge is 0.312 e. The van der Waals surface area contributed by atoms with Gasteiger partial charge in [0.25, 0.3) is 0 Å². The Kier molecular flexibility index (Phi) is 4.24. The highest BCUT2D eigenvalue weighted by molar-refractivity contribution is 5.86. The van der Waals surface area contributed by atoms with E-state index >= 15 is 0 Å². The predicted molar refractivity (Wildman–Crippen MR) is 75.9 cm³/mol. The summed E-state index contributed by atoms with van der Waals surface area (Å²) in [5.41, 5.74) is 12.3. The van der Waals surface area contributed by atoms with Gasteiger partial charge in [0, 0.05) is 25.0 Å². The molecule has 0 bridgehead atoms. The van der Waals surface area contributed by atoms with Crippen molar-refractivity contribution in [2.24, 2.45) is 11.5 Å². The fourth-order valence-corrected chi connectivity index (χ4v) is 2.61. The summed E-state index contributed by atoms with van der Waals surface area (Å²) in [7, 11) is 0. The van der Waals surface area contributed by atoms with Gasteiger partial charge in [-0.1, -0.05) is 30.3 Å². The third kappa shape index (κ3) is 3.08. The first-order valence-electron chi connectivity index (χ1n) is 6.64. The third-order valence-corrected chi connectivity index (χ3v) is 3.63. The molecule has 2 rings (SSSR count). The van der Waals surface area contributed by atoms with Crippen molar-refractivity contribution in [1.29, 1.82) is 0 Å². The quantitative estimate of drug-likeness (QED) is 0.724. The van der Waals surface area contributed by atoms with Crippen LogP contribution in [-0.4, -0.2) is 42.0 Å². The number of carbonyl (C=O) groups is 2. The highest BCUT2D eigenvalue weighted by Gasteiger charge is 2.35. The molecule has 1 aliphatic rings. The Labute approximate surface area is 118 Å². The second kappa shape index (κ2) is 5.92. The van der Waals surface area contributed by atoms with Gasteiger partial charge in [-0.25, -0.2) is 4.79 Å². The van der Waals surface area contributed by atoms with Crippen molar-refractivity contribution in [3.63, 3.8) is 0 Å². The van der Waals surface area contributed by atoms with E-state index in [-0.39, 0.29) is 17.9 Å². The number of nitrogens with zero attached hydrogens (tertiary/aromatic N) is 1. The van der Waals surface area contributed by atoms with Gasteiger partial charge in [-0.2, -0.15) is 0 Å². The number of nitrogens with two attached hydrogens (primary N) is 2. The molecule has 108 valence electrons. The first-order chi connectivity index (χ1) is 9.49. The van der Waals surface area contributed by atoms with Crippen LogP contribution in [0, 0.1) is 0 Å². The van der Waals surface area contributed by atoms with E-state index in [9.17, 15) is 9.59 Å². The van der Waals surface area contributed by atoms with E-state index in [1.54, 1.807) is 11.8 Å². The summed E-state index contributed by atoms with van der Waals surface area (Å²) in [6.45, 7) is 2.67. The van der Waals surface area contributed by atoms with Crippen molar-refractivity contribution < 1.29 is 9.59 Å². The maximum atomic E-state index is 12.2. The van der Waals surface area contributed by atoms with Gasteiger partial charge in [-0.05, 0) is 12.5 Å². The Balaban J connectivity index is 2.03. The maximum absolute atomic E-state index is 12.2. The van der Waals surface area contributed by atoms with Gasteiger partial charge >= 0.3 is 6.03 Å². The zero-order valence-electron chi connectivity index (χ0n) is 11.5. The Bertz CT molecular complexity index is 491. The molecule has 5 N–H and O–H groups in total. The molecule has 1 saturated heterocycles. The van der Waals surface area contributed by atoms with E-state index in [1.165, 1.54) is 0 Å². The summed E-state index contributed by atoms with van der Waals surface area (Å²) in [6, 6.07) is 8.48. The van der Waals surface area contributed by atoms with E-state index in [0.717, 1.165) is 5.56 Å². The van der Waals surface area contributed by atoms with Crippen LogP contribution in [0.2, 0.25) is 0 Å². The lowest BCUT2D eigenvalue weighted by Crippen LogP contribution is -2.48. The molecule has 0 aromatic heterocycles. The predicted octanol–water partition coefficient (Wildman–Crippen LogP) is -0.00350. The molecular weight excluding hydrogens is 256 g/mol. The molecule has 1 aromatic rings. The fourth-order valence-electron chi connectivity index (χ4n) is 2.61. The van der Waals surface area contributed by atoms with Gasteiger partial charge in [0.15, 0.2) is 0 Å². The molecule has 6 nitrogen and oxygen atoms in total. The second-order valence-electron chi connectivity index (χ2n) is 5.15. The minimum absolute atomic E-state index is 0.0953. The Morgan fingerprint density at radius 1 is 1.30 bits per heavy atom. The van der Waals surface area contributed by atoms with Crippen molar-refractivity contribution in [2.75, 3.05) is 13.1 Å². The molecule has 0 spiro atoms. The van der Waals surface area contributed by atoms with Crippen molar-refractivity contribution in [2.45, 2.75) is 24.9 Å².